The molecule has 10 heteroatoms. The van der Waals surface area contributed by atoms with Crippen molar-refractivity contribution in [3.05, 3.63) is 62.5 Å². The Bertz CT molecular complexity index is 1120. The first kappa shape index (κ1) is 26.3. The number of carboxylic acid groups (broad SMARTS) is 1. The molecule has 6 nitrogen and oxygen atoms in total. The first-order valence-electron chi connectivity index (χ1n) is 10.5. The summed E-state index contributed by atoms with van der Waals surface area (Å²) in [7, 11) is 1.55. The molecule has 0 bridgehead atoms. The highest BCUT2D eigenvalue weighted by molar-refractivity contribution is 8.26. The van der Waals surface area contributed by atoms with Crippen molar-refractivity contribution in [3.63, 3.8) is 0 Å². The lowest BCUT2D eigenvalue weighted by Gasteiger charge is -2.14. The maximum atomic E-state index is 12.8. The number of hydrogen-bond acceptors (Lipinski definition) is 6. The molecule has 0 atom stereocenters. The van der Waals surface area contributed by atoms with Crippen LogP contribution in [0, 0.1) is 0 Å². The number of thiocarbonyl (C=S) groups is 1. The van der Waals surface area contributed by atoms with Crippen molar-refractivity contribution in [2.24, 2.45) is 0 Å². The Morgan fingerprint density at radius 1 is 1.15 bits per heavy atom. The standard InChI is InChI=1S/C24H23Cl2NO5S2/c1-31-20-11-15(6-9-19(20)32-14-16-7-8-17(25)13-18(16)26)12-21-23(30)27(24(33)34-21)10-4-2-3-5-22(28)29/h6-9,11-13H,2-5,10,14H2,1H3,(H,28,29)/b21-12-. The van der Waals surface area contributed by atoms with Crippen LogP contribution in [-0.2, 0) is 16.2 Å². The highest BCUT2D eigenvalue weighted by atomic mass is 35.5. The molecule has 1 aliphatic heterocycles. The summed E-state index contributed by atoms with van der Waals surface area (Å²) in [6.07, 6.45) is 3.91. The van der Waals surface area contributed by atoms with Crippen molar-refractivity contribution in [3.8, 4) is 11.5 Å². The molecule has 1 heterocycles. The number of carbonyl (C=O) groups excluding carboxylic acids is 1. The van der Waals surface area contributed by atoms with E-state index in [1.165, 1.54) is 11.8 Å². The van der Waals surface area contributed by atoms with Crippen LogP contribution in [0.3, 0.4) is 0 Å². The predicted octanol–water partition coefficient (Wildman–Crippen LogP) is 6.43. The van der Waals surface area contributed by atoms with Crippen molar-refractivity contribution in [2.45, 2.75) is 32.3 Å². The van der Waals surface area contributed by atoms with Crippen molar-refractivity contribution < 1.29 is 24.2 Å². The van der Waals surface area contributed by atoms with Gasteiger partial charge in [0.1, 0.15) is 10.9 Å². The molecule has 0 saturated carbocycles. The molecule has 1 fully saturated rings. The number of rotatable bonds is 11. The van der Waals surface area contributed by atoms with Gasteiger partial charge in [-0.2, -0.15) is 0 Å². The fourth-order valence-electron chi connectivity index (χ4n) is 3.25. The van der Waals surface area contributed by atoms with Gasteiger partial charge in [-0.15, -0.1) is 0 Å². The molecule has 0 aliphatic carbocycles. The van der Waals surface area contributed by atoms with Gasteiger partial charge in [0.25, 0.3) is 5.91 Å². The van der Waals surface area contributed by atoms with Crippen LogP contribution in [0.15, 0.2) is 41.3 Å². The number of carboxylic acids is 1. The molecule has 3 rings (SSSR count). The smallest absolute Gasteiger partial charge is 0.303 e. The highest BCUT2D eigenvalue weighted by Gasteiger charge is 2.31. The zero-order valence-corrected chi connectivity index (χ0v) is 21.5. The van der Waals surface area contributed by atoms with Crippen LogP contribution in [0.5, 0.6) is 11.5 Å². The zero-order chi connectivity index (χ0) is 24.7. The van der Waals surface area contributed by atoms with E-state index in [9.17, 15) is 9.59 Å². The quantitative estimate of drug-likeness (QED) is 0.200. The van der Waals surface area contributed by atoms with Crippen molar-refractivity contribution in [1.82, 2.24) is 4.90 Å². The molecule has 2 aromatic rings. The van der Waals surface area contributed by atoms with Gasteiger partial charge in [-0.25, -0.2) is 0 Å². The molecule has 1 amide bonds. The number of unbranched alkanes of at least 4 members (excludes halogenated alkanes) is 2. The number of amides is 1. The molecule has 0 radical (unpaired) electrons. The molecule has 180 valence electrons. The van der Waals surface area contributed by atoms with E-state index >= 15 is 0 Å². The molecule has 1 N–H and O–H groups in total. The Balaban J connectivity index is 1.64. The minimum Gasteiger partial charge on any atom is -0.493 e. The topological polar surface area (TPSA) is 76.1 Å². The maximum Gasteiger partial charge on any atom is 0.303 e. The van der Waals surface area contributed by atoms with Gasteiger partial charge in [0.05, 0.1) is 12.0 Å². The summed E-state index contributed by atoms with van der Waals surface area (Å²) < 4.78 is 11.9. The average Bonchev–Trinajstić information content (AvgIpc) is 3.05. The minimum atomic E-state index is -0.811. The van der Waals surface area contributed by atoms with E-state index in [-0.39, 0.29) is 18.9 Å². The van der Waals surface area contributed by atoms with E-state index in [1.807, 2.05) is 6.07 Å². The fraction of sp³-hybridized carbons (Fsp3) is 0.292. The van der Waals surface area contributed by atoms with Crippen LogP contribution in [-0.4, -0.2) is 39.9 Å². The number of thioether (sulfide) groups is 1. The molecule has 2 aromatic carbocycles. The second-order valence-electron chi connectivity index (χ2n) is 7.47. The van der Waals surface area contributed by atoms with E-state index in [4.69, 9.17) is 50.0 Å². The molecule has 1 aliphatic rings. The normalized spacial score (nSPS) is 14.7. The maximum absolute atomic E-state index is 12.8. The second kappa shape index (κ2) is 12.4. The van der Waals surface area contributed by atoms with Gasteiger partial charge in [0.15, 0.2) is 11.5 Å². The number of ether oxygens (including phenoxy) is 2. The first-order valence-corrected chi connectivity index (χ1v) is 12.5. The monoisotopic (exact) mass is 539 g/mol. The van der Waals surface area contributed by atoms with Gasteiger partial charge in [-0.3, -0.25) is 14.5 Å². The molecule has 0 unspecified atom stereocenters. The minimum absolute atomic E-state index is 0.132. The van der Waals surface area contributed by atoms with Gasteiger partial charge in [0.2, 0.25) is 0 Å². The predicted molar refractivity (Wildman–Crippen MR) is 140 cm³/mol. The van der Waals surface area contributed by atoms with Gasteiger partial charge in [-0.1, -0.05) is 65.7 Å². The highest BCUT2D eigenvalue weighted by Crippen LogP contribution is 2.35. The Kier molecular flexibility index (Phi) is 9.64. The third kappa shape index (κ3) is 7.12. The lowest BCUT2D eigenvalue weighted by atomic mass is 10.1. The van der Waals surface area contributed by atoms with E-state index in [2.05, 4.69) is 0 Å². The van der Waals surface area contributed by atoms with Gasteiger partial charge in [0, 0.05) is 28.6 Å². The largest absolute Gasteiger partial charge is 0.493 e. The third-order valence-corrected chi connectivity index (χ3v) is 6.99. The van der Waals surface area contributed by atoms with Crippen molar-refractivity contribution in [2.75, 3.05) is 13.7 Å². The Morgan fingerprint density at radius 2 is 1.94 bits per heavy atom. The zero-order valence-electron chi connectivity index (χ0n) is 18.4. The summed E-state index contributed by atoms with van der Waals surface area (Å²) >= 11 is 18.8. The van der Waals surface area contributed by atoms with Gasteiger partial charge in [-0.05, 0) is 48.7 Å². The van der Waals surface area contributed by atoms with Crippen LogP contribution in [0.4, 0.5) is 0 Å². The number of methoxy groups -OCH3 is 1. The molecule has 0 aromatic heterocycles. The van der Waals surface area contributed by atoms with E-state index < -0.39 is 5.97 Å². The molecule has 34 heavy (non-hydrogen) atoms. The van der Waals surface area contributed by atoms with Crippen molar-refractivity contribution >= 4 is 69.5 Å². The van der Waals surface area contributed by atoms with Crippen LogP contribution in [0.1, 0.15) is 36.8 Å². The summed E-state index contributed by atoms with van der Waals surface area (Å²) in [6.45, 7) is 0.724. The van der Waals surface area contributed by atoms with Gasteiger partial charge >= 0.3 is 5.97 Å². The lowest BCUT2D eigenvalue weighted by Crippen LogP contribution is -2.29. The number of hydrogen-bond donors (Lipinski definition) is 1. The van der Waals surface area contributed by atoms with E-state index in [0.29, 0.717) is 50.2 Å². The number of nitrogens with zero attached hydrogens (tertiary/aromatic N) is 1. The summed E-state index contributed by atoms with van der Waals surface area (Å²) in [5.74, 6) is 0.103. The number of halogens is 2. The number of carbonyl (C=O) groups is 2. The Hall–Kier alpha value is -2.26. The average molecular weight is 540 g/mol. The summed E-state index contributed by atoms with van der Waals surface area (Å²) in [5.41, 5.74) is 1.57. The van der Waals surface area contributed by atoms with Crippen LogP contribution < -0.4 is 9.47 Å². The summed E-state index contributed by atoms with van der Waals surface area (Å²) in [6, 6.07) is 10.6. The Labute approximate surface area is 217 Å². The molecular formula is C24H23Cl2NO5S2. The van der Waals surface area contributed by atoms with Crippen molar-refractivity contribution in [1.29, 1.82) is 0 Å². The second-order valence-corrected chi connectivity index (χ2v) is 9.99. The Morgan fingerprint density at radius 3 is 2.65 bits per heavy atom. The third-order valence-electron chi connectivity index (χ3n) is 5.03. The lowest BCUT2D eigenvalue weighted by molar-refractivity contribution is -0.137. The van der Waals surface area contributed by atoms with E-state index in [1.54, 1.807) is 48.4 Å². The van der Waals surface area contributed by atoms with Crippen LogP contribution in [0.2, 0.25) is 10.0 Å². The SMILES string of the molecule is COc1cc(/C=C2\SC(=S)N(CCCCCC(=O)O)C2=O)ccc1OCc1ccc(Cl)cc1Cl. The van der Waals surface area contributed by atoms with Gasteiger partial charge < -0.3 is 14.6 Å². The van der Waals surface area contributed by atoms with Crippen LogP contribution in [0.25, 0.3) is 6.08 Å². The molecule has 0 spiro atoms. The fourth-order valence-corrected chi connectivity index (χ4v) is 5.03. The molecule has 1 saturated heterocycles. The van der Waals surface area contributed by atoms with E-state index in [0.717, 1.165) is 17.5 Å². The summed E-state index contributed by atoms with van der Waals surface area (Å²) in [4.78, 5) is 25.5. The first-order chi connectivity index (χ1) is 16.3. The number of benzene rings is 2. The van der Waals surface area contributed by atoms with Crippen LogP contribution >= 0.6 is 47.2 Å². The molecular weight excluding hydrogens is 517 g/mol. The number of aliphatic carboxylic acids is 1. The summed E-state index contributed by atoms with van der Waals surface area (Å²) in [5, 5.41) is 9.79.